The first-order valence-electron chi connectivity index (χ1n) is 7.83. The molecule has 1 aromatic carbocycles. The molecular formula is C17H25N3O2. The molecular weight excluding hydrogens is 278 g/mol. The highest BCUT2D eigenvalue weighted by atomic mass is 16.2. The maximum absolute atomic E-state index is 12.5. The fraction of sp³-hybridized carbons (Fsp3) is 0.529. The summed E-state index contributed by atoms with van der Waals surface area (Å²) in [4.78, 5) is 25.7. The molecule has 0 aliphatic heterocycles. The fourth-order valence-corrected chi connectivity index (χ4v) is 3.02. The topological polar surface area (TPSA) is 75.4 Å². The predicted octanol–water partition coefficient (Wildman–Crippen LogP) is 1.52. The molecule has 0 spiro atoms. The Morgan fingerprint density at radius 2 is 1.95 bits per heavy atom. The third-order valence-electron chi connectivity index (χ3n) is 4.30. The number of nitrogens with one attached hydrogen (secondary N) is 1. The van der Waals surface area contributed by atoms with Gasteiger partial charge in [-0.25, -0.2) is 0 Å². The third kappa shape index (κ3) is 4.07. The van der Waals surface area contributed by atoms with E-state index in [2.05, 4.69) is 5.32 Å². The van der Waals surface area contributed by atoms with Crippen LogP contribution >= 0.6 is 0 Å². The molecule has 2 atom stereocenters. The monoisotopic (exact) mass is 303 g/mol. The van der Waals surface area contributed by atoms with E-state index in [0.717, 1.165) is 31.2 Å². The minimum atomic E-state index is -0.104. The summed E-state index contributed by atoms with van der Waals surface area (Å²) in [5, 5.41) is 2.59. The van der Waals surface area contributed by atoms with Crippen molar-refractivity contribution in [3.8, 4) is 0 Å². The van der Waals surface area contributed by atoms with Gasteiger partial charge in [-0.15, -0.1) is 0 Å². The van der Waals surface area contributed by atoms with E-state index < -0.39 is 0 Å². The van der Waals surface area contributed by atoms with Crippen molar-refractivity contribution in [3.63, 3.8) is 0 Å². The Kier molecular flexibility index (Phi) is 5.55. The van der Waals surface area contributed by atoms with E-state index in [1.54, 1.807) is 24.1 Å². The Morgan fingerprint density at radius 1 is 1.27 bits per heavy atom. The van der Waals surface area contributed by atoms with Gasteiger partial charge in [0.05, 0.1) is 0 Å². The molecule has 2 amide bonds. The van der Waals surface area contributed by atoms with Crippen molar-refractivity contribution in [1.29, 1.82) is 0 Å². The molecule has 2 rings (SSSR count). The van der Waals surface area contributed by atoms with Gasteiger partial charge < -0.3 is 16.0 Å². The molecule has 1 saturated carbocycles. The lowest BCUT2D eigenvalue weighted by Crippen LogP contribution is -2.38. The van der Waals surface area contributed by atoms with Gasteiger partial charge >= 0.3 is 0 Å². The Labute approximate surface area is 131 Å². The van der Waals surface area contributed by atoms with Crippen LogP contribution in [0.25, 0.3) is 0 Å². The summed E-state index contributed by atoms with van der Waals surface area (Å²) in [5.74, 6) is 0.122. The Morgan fingerprint density at radius 3 is 2.55 bits per heavy atom. The fourth-order valence-electron chi connectivity index (χ4n) is 3.02. The maximum Gasteiger partial charge on any atom is 0.251 e. The highest BCUT2D eigenvalue weighted by Gasteiger charge is 2.27. The predicted molar refractivity (Wildman–Crippen MR) is 86.2 cm³/mol. The lowest BCUT2D eigenvalue weighted by Gasteiger charge is -2.29. The van der Waals surface area contributed by atoms with Crippen LogP contribution in [0.1, 0.15) is 41.6 Å². The molecule has 1 aliphatic rings. The number of rotatable bonds is 4. The summed E-state index contributed by atoms with van der Waals surface area (Å²) in [5.41, 5.74) is 7.61. The number of benzene rings is 1. The second kappa shape index (κ2) is 7.40. The number of amides is 2. The second-order valence-electron chi connectivity index (χ2n) is 6.09. The standard InChI is InChI=1S/C17H25N3O2/c1-19-16(21)13-8-6-12(7-9-13)11-20(2)17(22)14-4-3-5-15(18)10-14/h6-9,14-15H,3-5,10-11,18H2,1-2H3,(H,19,21). The average Bonchev–Trinajstić information content (AvgIpc) is 2.54. The van der Waals surface area contributed by atoms with Crippen molar-refractivity contribution in [1.82, 2.24) is 10.2 Å². The molecule has 1 fully saturated rings. The first-order chi connectivity index (χ1) is 10.5. The maximum atomic E-state index is 12.5. The quantitative estimate of drug-likeness (QED) is 0.885. The largest absolute Gasteiger partial charge is 0.355 e. The number of carbonyl (C=O) groups is 2. The Bertz CT molecular complexity index is 527. The van der Waals surface area contributed by atoms with E-state index >= 15 is 0 Å². The van der Waals surface area contributed by atoms with Gasteiger partial charge in [-0.3, -0.25) is 9.59 Å². The molecule has 0 radical (unpaired) electrons. The molecule has 1 aromatic rings. The summed E-state index contributed by atoms with van der Waals surface area (Å²) >= 11 is 0. The van der Waals surface area contributed by atoms with Gasteiger partial charge in [0.1, 0.15) is 0 Å². The molecule has 120 valence electrons. The molecule has 0 saturated heterocycles. The van der Waals surface area contributed by atoms with Crippen LogP contribution in [0.2, 0.25) is 0 Å². The van der Waals surface area contributed by atoms with Crippen molar-refractivity contribution in [2.75, 3.05) is 14.1 Å². The molecule has 2 unspecified atom stereocenters. The molecule has 5 heteroatoms. The van der Waals surface area contributed by atoms with Crippen LogP contribution in [0.4, 0.5) is 0 Å². The van der Waals surface area contributed by atoms with Gasteiger partial charge in [0.15, 0.2) is 0 Å². The zero-order valence-electron chi connectivity index (χ0n) is 13.3. The second-order valence-corrected chi connectivity index (χ2v) is 6.09. The molecule has 1 aliphatic carbocycles. The number of carbonyl (C=O) groups excluding carboxylic acids is 2. The van der Waals surface area contributed by atoms with E-state index in [0.29, 0.717) is 12.1 Å². The molecule has 0 bridgehead atoms. The summed E-state index contributed by atoms with van der Waals surface area (Å²) in [7, 11) is 3.44. The van der Waals surface area contributed by atoms with Gasteiger partial charge in [0.25, 0.3) is 5.91 Å². The van der Waals surface area contributed by atoms with Gasteiger partial charge in [-0.05, 0) is 37.0 Å². The van der Waals surface area contributed by atoms with Crippen molar-refractivity contribution in [3.05, 3.63) is 35.4 Å². The lowest BCUT2D eigenvalue weighted by molar-refractivity contribution is -0.135. The normalized spacial score (nSPS) is 21.2. The lowest BCUT2D eigenvalue weighted by atomic mass is 9.85. The molecule has 3 N–H and O–H groups in total. The van der Waals surface area contributed by atoms with E-state index in [9.17, 15) is 9.59 Å². The van der Waals surface area contributed by atoms with Crippen LogP contribution in [0.5, 0.6) is 0 Å². The summed E-state index contributed by atoms with van der Waals surface area (Å²) in [6.45, 7) is 0.554. The number of nitrogens with zero attached hydrogens (tertiary/aromatic N) is 1. The zero-order chi connectivity index (χ0) is 16.1. The van der Waals surface area contributed by atoms with Crippen LogP contribution in [0.3, 0.4) is 0 Å². The minimum absolute atomic E-state index is 0.0545. The van der Waals surface area contributed by atoms with Gasteiger partial charge in [-0.2, -0.15) is 0 Å². The highest BCUT2D eigenvalue weighted by molar-refractivity contribution is 5.93. The molecule has 0 aromatic heterocycles. The Balaban J connectivity index is 1.94. The first kappa shape index (κ1) is 16.5. The van der Waals surface area contributed by atoms with Gasteiger partial charge in [-0.1, -0.05) is 18.6 Å². The van der Waals surface area contributed by atoms with Crippen molar-refractivity contribution in [2.45, 2.75) is 38.3 Å². The van der Waals surface area contributed by atoms with Crippen LogP contribution < -0.4 is 11.1 Å². The van der Waals surface area contributed by atoms with Crippen LogP contribution in [0, 0.1) is 5.92 Å². The van der Waals surface area contributed by atoms with E-state index in [1.165, 1.54) is 0 Å². The number of hydrogen-bond acceptors (Lipinski definition) is 3. The summed E-state index contributed by atoms with van der Waals surface area (Å²) in [6.07, 6.45) is 3.78. The van der Waals surface area contributed by atoms with Crippen molar-refractivity contribution >= 4 is 11.8 Å². The van der Waals surface area contributed by atoms with Crippen molar-refractivity contribution in [2.24, 2.45) is 11.7 Å². The Hall–Kier alpha value is -1.88. The van der Waals surface area contributed by atoms with Crippen LogP contribution in [-0.2, 0) is 11.3 Å². The van der Waals surface area contributed by atoms with Gasteiger partial charge in [0.2, 0.25) is 5.91 Å². The summed E-state index contributed by atoms with van der Waals surface area (Å²) in [6, 6.07) is 7.50. The van der Waals surface area contributed by atoms with E-state index in [-0.39, 0.29) is 23.8 Å². The number of nitrogens with two attached hydrogens (primary N) is 1. The van der Waals surface area contributed by atoms with E-state index in [1.807, 2.05) is 19.2 Å². The SMILES string of the molecule is CNC(=O)c1ccc(CN(C)C(=O)C2CCCC(N)C2)cc1. The van der Waals surface area contributed by atoms with E-state index in [4.69, 9.17) is 5.73 Å². The van der Waals surface area contributed by atoms with Crippen LogP contribution in [0.15, 0.2) is 24.3 Å². The van der Waals surface area contributed by atoms with Crippen LogP contribution in [-0.4, -0.2) is 36.9 Å². The molecule has 22 heavy (non-hydrogen) atoms. The summed E-state index contributed by atoms with van der Waals surface area (Å²) < 4.78 is 0. The highest BCUT2D eigenvalue weighted by Crippen LogP contribution is 2.25. The van der Waals surface area contributed by atoms with Crippen molar-refractivity contribution < 1.29 is 9.59 Å². The first-order valence-corrected chi connectivity index (χ1v) is 7.83. The zero-order valence-corrected chi connectivity index (χ0v) is 13.3. The average molecular weight is 303 g/mol. The molecule has 0 heterocycles. The molecule has 5 nitrogen and oxygen atoms in total. The number of hydrogen-bond donors (Lipinski definition) is 2. The van der Waals surface area contributed by atoms with Gasteiger partial charge in [0, 0.05) is 38.2 Å². The smallest absolute Gasteiger partial charge is 0.251 e. The third-order valence-corrected chi connectivity index (χ3v) is 4.30. The minimum Gasteiger partial charge on any atom is -0.355 e.